The van der Waals surface area contributed by atoms with Crippen LogP contribution in [0, 0.1) is 0 Å². The number of benzene rings is 1. The first-order valence-electron chi connectivity index (χ1n) is 5.97. The number of nitrogens with zero attached hydrogens (tertiary/aromatic N) is 1. The third-order valence-corrected chi connectivity index (χ3v) is 2.51. The lowest BCUT2D eigenvalue weighted by atomic mass is 10.2. The summed E-state index contributed by atoms with van der Waals surface area (Å²) in [4.78, 5) is 15.6. The minimum atomic E-state index is -4.74. The average molecular weight is 296 g/mol. The Morgan fingerprint density at radius 2 is 2.05 bits per heavy atom. The molecule has 21 heavy (non-hydrogen) atoms. The first kappa shape index (κ1) is 14.8. The maximum atomic E-state index is 12.1. The maximum Gasteiger partial charge on any atom is 0.573 e. The molecule has 1 aromatic heterocycles. The van der Waals surface area contributed by atoms with Crippen molar-refractivity contribution in [2.24, 2.45) is 0 Å². The molecule has 0 bridgehead atoms. The molecule has 0 saturated heterocycles. The summed E-state index contributed by atoms with van der Waals surface area (Å²) in [6.45, 7) is 0.0861. The molecule has 0 aliphatic heterocycles. The van der Waals surface area contributed by atoms with E-state index in [4.69, 9.17) is 0 Å². The van der Waals surface area contributed by atoms with Crippen LogP contribution in [0.5, 0.6) is 5.75 Å². The van der Waals surface area contributed by atoms with E-state index in [9.17, 15) is 18.0 Å². The summed E-state index contributed by atoms with van der Waals surface area (Å²) in [5, 5.41) is 2.59. The van der Waals surface area contributed by atoms with Gasteiger partial charge in [-0.1, -0.05) is 12.1 Å². The number of rotatable bonds is 4. The number of hydrogen-bond donors (Lipinski definition) is 1. The van der Waals surface area contributed by atoms with Crippen LogP contribution in [-0.2, 0) is 6.54 Å². The van der Waals surface area contributed by atoms with E-state index in [1.165, 1.54) is 30.6 Å². The van der Waals surface area contributed by atoms with Crippen molar-refractivity contribution in [1.82, 2.24) is 10.3 Å². The van der Waals surface area contributed by atoms with E-state index >= 15 is 0 Å². The number of alkyl halides is 3. The molecule has 0 spiro atoms. The minimum absolute atomic E-state index is 0.0861. The van der Waals surface area contributed by atoms with Gasteiger partial charge in [-0.25, -0.2) is 0 Å². The second kappa shape index (κ2) is 6.25. The highest BCUT2D eigenvalue weighted by Gasteiger charge is 2.31. The summed E-state index contributed by atoms with van der Waals surface area (Å²) in [5.41, 5.74) is 0.870. The molecule has 0 atom stereocenters. The third-order valence-electron chi connectivity index (χ3n) is 2.51. The van der Waals surface area contributed by atoms with Crippen molar-refractivity contribution in [3.8, 4) is 5.75 Å². The molecule has 2 aromatic rings. The largest absolute Gasteiger partial charge is 0.573 e. The molecule has 1 N–H and O–H groups in total. The van der Waals surface area contributed by atoms with E-state index < -0.39 is 6.36 Å². The van der Waals surface area contributed by atoms with E-state index in [-0.39, 0.29) is 18.2 Å². The Morgan fingerprint density at radius 3 is 2.71 bits per heavy atom. The first-order chi connectivity index (χ1) is 9.94. The number of ether oxygens (including phenoxy) is 1. The third kappa shape index (κ3) is 4.79. The molecule has 1 amide bonds. The quantitative estimate of drug-likeness (QED) is 0.943. The topological polar surface area (TPSA) is 51.2 Å². The van der Waals surface area contributed by atoms with Gasteiger partial charge in [0.15, 0.2) is 0 Å². The number of carbonyl (C=O) groups is 1. The number of nitrogens with one attached hydrogen (secondary N) is 1. The summed E-state index contributed by atoms with van der Waals surface area (Å²) in [7, 11) is 0. The molecule has 0 aliphatic carbocycles. The van der Waals surface area contributed by atoms with Crippen molar-refractivity contribution in [2.75, 3.05) is 0 Å². The van der Waals surface area contributed by atoms with Gasteiger partial charge in [0.1, 0.15) is 5.75 Å². The van der Waals surface area contributed by atoms with E-state index in [1.807, 2.05) is 0 Å². The van der Waals surface area contributed by atoms with Crippen LogP contribution >= 0.6 is 0 Å². The second-order valence-electron chi connectivity index (χ2n) is 4.12. The Hall–Kier alpha value is -2.57. The summed E-state index contributed by atoms with van der Waals surface area (Å²) in [5.74, 6) is -0.680. The van der Waals surface area contributed by atoms with Gasteiger partial charge in [-0.15, -0.1) is 13.2 Å². The Morgan fingerprint density at radius 1 is 1.24 bits per heavy atom. The Balaban J connectivity index is 1.97. The van der Waals surface area contributed by atoms with Gasteiger partial charge in [-0.3, -0.25) is 9.78 Å². The highest BCUT2D eigenvalue weighted by molar-refractivity contribution is 5.93. The van der Waals surface area contributed by atoms with Crippen molar-refractivity contribution in [3.05, 3.63) is 59.9 Å². The van der Waals surface area contributed by atoms with Crippen LogP contribution in [0.3, 0.4) is 0 Å². The van der Waals surface area contributed by atoms with Gasteiger partial charge >= 0.3 is 6.36 Å². The zero-order valence-corrected chi connectivity index (χ0v) is 10.7. The summed E-state index contributed by atoms with van der Waals surface area (Å²) >= 11 is 0. The van der Waals surface area contributed by atoms with Gasteiger partial charge in [-0.05, 0) is 29.8 Å². The smallest absolute Gasteiger partial charge is 0.406 e. The van der Waals surface area contributed by atoms with Crippen molar-refractivity contribution in [3.63, 3.8) is 0 Å². The SMILES string of the molecule is O=C(NCc1cccc(OC(F)(F)F)c1)c1cccnc1. The van der Waals surface area contributed by atoms with Crippen molar-refractivity contribution in [1.29, 1.82) is 0 Å². The maximum absolute atomic E-state index is 12.1. The van der Waals surface area contributed by atoms with Crippen LogP contribution in [0.25, 0.3) is 0 Å². The van der Waals surface area contributed by atoms with E-state index in [1.54, 1.807) is 18.2 Å². The van der Waals surface area contributed by atoms with Gasteiger partial charge in [0, 0.05) is 18.9 Å². The number of carbonyl (C=O) groups excluding carboxylic acids is 1. The molecule has 110 valence electrons. The molecule has 0 fully saturated rings. The molecular formula is C14H11F3N2O2. The standard InChI is InChI=1S/C14H11F3N2O2/c15-14(16,17)21-12-5-1-3-10(7-12)8-19-13(20)11-4-2-6-18-9-11/h1-7,9H,8H2,(H,19,20). The van der Waals surface area contributed by atoms with Crippen molar-refractivity contribution >= 4 is 5.91 Å². The predicted molar refractivity (Wildman–Crippen MR) is 68.5 cm³/mol. The Labute approximate surface area is 118 Å². The van der Waals surface area contributed by atoms with Crippen LogP contribution in [0.4, 0.5) is 13.2 Å². The molecule has 0 saturated carbocycles. The molecule has 2 rings (SSSR count). The van der Waals surface area contributed by atoms with Gasteiger partial charge in [0.05, 0.1) is 5.56 Å². The average Bonchev–Trinajstić information content (AvgIpc) is 2.44. The fraction of sp³-hybridized carbons (Fsp3) is 0.143. The molecule has 1 aromatic carbocycles. The zero-order valence-electron chi connectivity index (χ0n) is 10.7. The lowest BCUT2D eigenvalue weighted by molar-refractivity contribution is -0.274. The molecule has 1 heterocycles. The van der Waals surface area contributed by atoms with Crippen molar-refractivity contribution in [2.45, 2.75) is 12.9 Å². The van der Waals surface area contributed by atoms with E-state index in [0.29, 0.717) is 11.1 Å². The molecule has 0 aliphatic rings. The van der Waals surface area contributed by atoms with Crippen LogP contribution in [0.15, 0.2) is 48.8 Å². The Bertz CT molecular complexity index is 615. The number of pyridine rings is 1. The molecular weight excluding hydrogens is 285 g/mol. The first-order valence-corrected chi connectivity index (χ1v) is 5.97. The zero-order chi connectivity index (χ0) is 15.3. The second-order valence-corrected chi connectivity index (χ2v) is 4.12. The highest BCUT2D eigenvalue weighted by atomic mass is 19.4. The lowest BCUT2D eigenvalue weighted by Gasteiger charge is -2.10. The Kier molecular flexibility index (Phi) is 4.42. The van der Waals surface area contributed by atoms with Crippen molar-refractivity contribution < 1.29 is 22.7 Å². The normalized spacial score (nSPS) is 11.0. The van der Waals surface area contributed by atoms with Crippen LogP contribution in [-0.4, -0.2) is 17.3 Å². The number of hydrogen-bond acceptors (Lipinski definition) is 3. The number of amides is 1. The summed E-state index contributed by atoms with van der Waals surface area (Å²) < 4.78 is 40.1. The molecule has 7 heteroatoms. The fourth-order valence-corrected chi connectivity index (χ4v) is 1.63. The van der Waals surface area contributed by atoms with Crippen LogP contribution in [0.1, 0.15) is 15.9 Å². The van der Waals surface area contributed by atoms with Gasteiger partial charge < -0.3 is 10.1 Å². The fourth-order valence-electron chi connectivity index (χ4n) is 1.63. The highest BCUT2D eigenvalue weighted by Crippen LogP contribution is 2.23. The summed E-state index contributed by atoms with van der Waals surface area (Å²) in [6, 6.07) is 8.63. The summed E-state index contributed by atoms with van der Waals surface area (Å²) in [6.07, 6.45) is -1.80. The van der Waals surface area contributed by atoms with E-state index in [0.717, 1.165) is 0 Å². The number of aromatic nitrogens is 1. The van der Waals surface area contributed by atoms with Gasteiger partial charge in [0.2, 0.25) is 0 Å². The minimum Gasteiger partial charge on any atom is -0.406 e. The van der Waals surface area contributed by atoms with E-state index in [2.05, 4.69) is 15.0 Å². The van der Waals surface area contributed by atoms with Gasteiger partial charge in [0.25, 0.3) is 5.91 Å². The molecule has 0 radical (unpaired) electrons. The number of halogens is 3. The van der Waals surface area contributed by atoms with Gasteiger partial charge in [-0.2, -0.15) is 0 Å². The molecule has 4 nitrogen and oxygen atoms in total. The lowest BCUT2D eigenvalue weighted by Crippen LogP contribution is -2.23. The monoisotopic (exact) mass is 296 g/mol. The predicted octanol–water partition coefficient (Wildman–Crippen LogP) is 2.91. The van der Waals surface area contributed by atoms with Crippen LogP contribution < -0.4 is 10.1 Å². The van der Waals surface area contributed by atoms with Crippen LogP contribution in [0.2, 0.25) is 0 Å². The molecule has 0 unspecified atom stereocenters.